The highest BCUT2D eigenvalue weighted by atomic mass is 127. The molecule has 2 N–H and O–H groups in total. The van der Waals surface area contributed by atoms with Crippen LogP contribution in [-0.2, 0) is 0 Å². The molecule has 0 saturated heterocycles. The molecule has 0 amide bonds. The zero-order chi connectivity index (χ0) is 17.6. The normalized spacial score (nSPS) is 17.0. The molecule has 7 heteroatoms. The molecule has 142 valence electrons. The molecular weight excluding hydrogens is 431 g/mol. The van der Waals surface area contributed by atoms with Crippen LogP contribution in [0.3, 0.4) is 0 Å². The number of guanidine groups is 1. The number of benzene rings is 1. The van der Waals surface area contributed by atoms with E-state index in [-0.39, 0.29) is 35.5 Å². The Bertz CT molecular complexity index is 564. The van der Waals surface area contributed by atoms with Gasteiger partial charge in [-0.25, -0.2) is 0 Å². The van der Waals surface area contributed by atoms with Crippen LogP contribution < -0.4 is 20.1 Å². The van der Waals surface area contributed by atoms with Crippen LogP contribution in [0.5, 0.6) is 11.5 Å². The lowest BCUT2D eigenvalue weighted by atomic mass is 9.93. The van der Waals surface area contributed by atoms with Crippen molar-refractivity contribution in [1.82, 2.24) is 15.5 Å². The van der Waals surface area contributed by atoms with E-state index in [1.54, 1.807) is 7.05 Å². The van der Waals surface area contributed by atoms with Crippen LogP contribution in [0.4, 0.5) is 0 Å². The predicted molar refractivity (Wildman–Crippen MR) is 113 cm³/mol. The first-order valence-corrected chi connectivity index (χ1v) is 8.37. The van der Waals surface area contributed by atoms with Crippen LogP contribution in [0.1, 0.15) is 13.8 Å². The molecule has 0 saturated carbocycles. The standard InChI is InChI=1S/C18H30N4O2.HI/c1-18(2,13-22(4)5)12-21-17(19-3)20-10-14-11-23-15-8-6-7-9-16(15)24-14;/h6-9,14H,10-13H2,1-5H3,(H2,19,20,21);1H. The molecule has 2 rings (SSSR count). The van der Waals surface area contributed by atoms with Crippen molar-refractivity contribution in [3.05, 3.63) is 24.3 Å². The molecule has 1 aliphatic rings. The van der Waals surface area contributed by atoms with Crippen molar-refractivity contribution >= 4 is 29.9 Å². The molecule has 25 heavy (non-hydrogen) atoms. The number of para-hydroxylation sites is 2. The van der Waals surface area contributed by atoms with Gasteiger partial charge in [-0.2, -0.15) is 0 Å². The summed E-state index contributed by atoms with van der Waals surface area (Å²) in [5.41, 5.74) is 0.157. The highest BCUT2D eigenvalue weighted by Crippen LogP contribution is 2.30. The number of hydrogen-bond donors (Lipinski definition) is 2. The summed E-state index contributed by atoms with van der Waals surface area (Å²) in [7, 11) is 5.96. The Kier molecular flexibility index (Phi) is 8.78. The Labute approximate surface area is 168 Å². The van der Waals surface area contributed by atoms with E-state index in [2.05, 4.69) is 48.5 Å². The zero-order valence-corrected chi connectivity index (χ0v) is 18.2. The monoisotopic (exact) mass is 462 g/mol. The van der Waals surface area contributed by atoms with Gasteiger partial charge in [-0.05, 0) is 31.6 Å². The maximum atomic E-state index is 5.95. The van der Waals surface area contributed by atoms with Gasteiger partial charge >= 0.3 is 0 Å². The Balaban J connectivity index is 0.00000312. The summed E-state index contributed by atoms with van der Waals surface area (Å²) in [4.78, 5) is 6.48. The second-order valence-electron chi connectivity index (χ2n) is 7.21. The van der Waals surface area contributed by atoms with E-state index in [1.807, 2.05) is 24.3 Å². The van der Waals surface area contributed by atoms with Crippen molar-refractivity contribution in [2.24, 2.45) is 10.4 Å². The highest BCUT2D eigenvalue weighted by molar-refractivity contribution is 14.0. The maximum Gasteiger partial charge on any atom is 0.191 e. The highest BCUT2D eigenvalue weighted by Gasteiger charge is 2.22. The molecule has 0 radical (unpaired) electrons. The Morgan fingerprint density at radius 3 is 2.56 bits per heavy atom. The summed E-state index contributed by atoms with van der Waals surface area (Å²) < 4.78 is 11.7. The summed E-state index contributed by atoms with van der Waals surface area (Å²) in [6.07, 6.45) is -0.0340. The second kappa shape index (κ2) is 10.1. The lowest BCUT2D eigenvalue weighted by molar-refractivity contribution is 0.0935. The molecule has 1 unspecified atom stereocenters. The van der Waals surface area contributed by atoms with Crippen LogP contribution >= 0.6 is 24.0 Å². The van der Waals surface area contributed by atoms with Crippen LogP contribution in [0.25, 0.3) is 0 Å². The number of nitrogens with one attached hydrogen (secondary N) is 2. The number of ether oxygens (including phenoxy) is 2. The van der Waals surface area contributed by atoms with E-state index in [4.69, 9.17) is 9.47 Å². The fourth-order valence-electron chi connectivity index (χ4n) is 2.83. The predicted octanol–water partition coefficient (Wildman–Crippen LogP) is 2.20. The van der Waals surface area contributed by atoms with Gasteiger partial charge in [0, 0.05) is 20.1 Å². The van der Waals surface area contributed by atoms with Gasteiger partial charge in [0.15, 0.2) is 17.5 Å². The van der Waals surface area contributed by atoms with Gasteiger partial charge in [-0.15, -0.1) is 24.0 Å². The second-order valence-corrected chi connectivity index (χ2v) is 7.21. The maximum absolute atomic E-state index is 5.95. The number of rotatable bonds is 6. The fraction of sp³-hybridized carbons (Fsp3) is 0.611. The molecule has 1 aromatic carbocycles. The van der Waals surface area contributed by atoms with E-state index in [9.17, 15) is 0 Å². The first-order valence-electron chi connectivity index (χ1n) is 8.37. The first kappa shape index (κ1) is 21.8. The van der Waals surface area contributed by atoms with Crippen molar-refractivity contribution in [1.29, 1.82) is 0 Å². The minimum atomic E-state index is -0.0340. The van der Waals surface area contributed by atoms with E-state index in [0.717, 1.165) is 30.5 Å². The number of halogens is 1. The topological polar surface area (TPSA) is 58.1 Å². The molecule has 1 aromatic rings. The lowest BCUT2D eigenvalue weighted by Crippen LogP contribution is -2.48. The van der Waals surface area contributed by atoms with E-state index >= 15 is 0 Å². The van der Waals surface area contributed by atoms with Crippen molar-refractivity contribution in [3.8, 4) is 11.5 Å². The Hall–Kier alpha value is -1.22. The molecule has 1 heterocycles. The van der Waals surface area contributed by atoms with Gasteiger partial charge in [0.25, 0.3) is 0 Å². The number of nitrogens with zero attached hydrogens (tertiary/aromatic N) is 2. The van der Waals surface area contributed by atoms with Gasteiger partial charge in [-0.1, -0.05) is 26.0 Å². The van der Waals surface area contributed by atoms with Crippen molar-refractivity contribution in [3.63, 3.8) is 0 Å². The molecule has 0 aliphatic carbocycles. The third-order valence-electron chi connectivity index (χ3n) is 3.77. The first-order chi connectivity index (χ1) is 11.4. The van der Waals surface area contributed by atoms with E-state index in [0.29, 0.717) is 13.2 Å². The minimum absolute atomic E-state index is 0. The van der Waals surface area contributed by atoms with Gasteiger partial charge in [-0.3, -0.25) is 4.99 Å². The van der Waals surface area contributed by atoms with Gasteiger partial charge in [0.1, 0.15) is 12.7 Å². The molecule has 6 nitrogen and oxygen atoms in total. The van der Waals surface area contributed by atoms with E-state index in [1.165, 1.54) is 0 Å². The average molecular weight is 462 g/mol. The molecule has 0 fully saturated rings. The van der Waals surface area contributed by atoms with Crippen molar-refractivity contribution in [2.75, 3.05) is 47.4 Å². The molecule has 0 bridgehead atoms. The minimum Gasteiger partial charge on any atom is -0.486 e. The summed E-state index contributed by atoms with van der Waals surface area (Å²) in [5.74, 6) is 2.39. The number of aliphatic imine (C=N–C) groups is 1. The van der Waals surface area contributed by atoms with Crippen LogP contribution in [0, 0.1) is 5.41 Å². The summed E-state index contributed by atoms with van der Waals surface area (Å²) >= 11 is 0. The Morgan fingerprint density at radius 2 is 1.92 bits per heavy atom. The summed E-state index contributed by atoms with van der Waals surface area (Å²) in [6.45, 7) is 7.50. The fourth-order valence-corrected chi connectivity index (χ4v) is 2.83. The smallest absolute Gasteiger partial charge is 0.191 e. The lowest BCUT2D eigenvalue weighted by Gasteiger charge is -2.30. The van der Waals surface area contributed by atoms with Crippen molar-refractivity contribution < 1.29 is 9.47 Å². The van der Waals surface area contributed by atoms with E-state index < -0.39 is 0 Å². The molecule has 1 aliphatic heterocycles. The number of hydrogen-bond acceptors (Lipinski definition) is 4. The van der Waals surface area contributed by atoms with Gasteiger partial charge in [0.05, 0.1) is 6.54 Å². The van der Waals surface area contributed by atoms with Crippen molar-refractivity contribution in [2.45, 2.75) is 20.0 Å². The zero-order valence-electron chi connectivity index (χ0n) is 15.8. The molecule has 1 atom stereocenters. The largest absolute Gasteiger partial charge is 0.486 e. The van der Waals surface area contributed by atoms with Crippen LogP contribution in [0.15, 0.2) is 29.3 Å². The molecule has 0 aromatic heterocycles. The van der Waals surface area contributed by atoms with Crippen LogP contribution in [0.2, 0.25) is 0 Å². The number of fused-ring (bicyclic) bond motifs is 1. The third-order valence-corrected chi connectivity index (χ3v) is 3.77. The third kappa shape index (κ3) is 7.27. The molecule has 0 spiro atoms. The van der Waals surface area contributed by atoms with Crippen LogP contribution in [-0.4, -0.2) is 64.3 Å². The Morgan fingerprint density at radius 1 is 1.24 bits per heavy atom. The van der Waals surface area contributed by atoms with Gasteiger partial charge < -0.3 is 25.0 Å². The molecular formula is C18H31IN4O2. The quantitative estimate of drug-likeness (QED) is 0.386. The SMILES string of the molecule is CN=C(NCC1COc2ccccc2O1)NCC(C)(C)CN(C)C.I. The summed E-state index contributed by atoms with van der Waals surface area (Å²) in [6, 6.07) is 7.75. The summed E-state index contributed by atoms with van der Waals surface area (Å²) in [5, 5.41) is 6.71. The van der Waals surface area contributed by atoms with Gasteiger partial charge in [0.2, 0.25) is 0 Å². The average Bonchev–Trinajstić information content (AvgIpc) is 2.53.